The van der Waals surface area contributed by atoms with E-state index in [1.165, 1.54) is 0 Å². The van der Waals surface area contributed by atoms with Crippen LogP contribution in [0, 0.1) is 11.3 Å². The van der Waals surface area contributed by atoms with Gasteiger partial charge in [0.2, 0.25) is 0 Å². The van der Waals surface area contributed by atoms with E-state index in [1.807, 2.05) is 36.4 Å². The minimum atomic E-state index is 0.264. The summed E-state index contributed by atoms with van der Waals surface area (Å²) in [5.41, 5.74) is 2.72. The second-order valence-corrected chi connectivity index (χ2v) is 3.66. The molecule has 0 atom stereocenters. The van der Waals surface area contributed by atoms with Gasteiger partial charge in [-0.05, 0) is 35.4 Å². The van der Waals surface area contributed by atoms with Crippen molar-refractivity contribution in [2.75, 3.05) is 0 Å². The number of phenols is 1. The highest BCUT2D eigenvalue weighted by atomic mass is 16.3. The first kappa shape index (κ1) is 11.0. The van der Waals surface area contributed by atoms with Crippen LogP contribution in [0.5, 0.6) is 5.75 Å². The summed E-state index contributed by atoms with van der Waals surface area (Å²) in [7, 11) is 0. The van der Waals surface area contributed by atoms with E-state index in [4.69, 9.17) is 10.4 Å². The number of rotatable bonds is 2. The van der Waals surface area contributed by atoms with E-state index in [1.54, 1.807) is 24.3 Å². The van der Waals surface area contributed by atoms with Gasteiger partial charge in [-0.1, -0.05) is 36.4 Å². The second-order valence-electron chi connectivity index (χ2n) is 3.66. The van der Waals surface area contributed by atoms with E-state index < -0.39 is 0 Å². The fourth-order valence-corrected chi connectivity index (χ4v) is 1.45. The van der Waals surface area contributed by atoms with Crippen LogP contribution < -0.4 is 0 Å². The number of benzene rings is 2. The molecule has 0 aliphatic rings. The molecule has 0 radical (unpaired) electrons. The molecule has 2 heteroatoms. The highest BCUT2D eigenvalue weighted by Crippen LogP contribution is 2.13. The molecule has 0 bridgehead atoms. The Hall–Kier alpha value is -2.53. The third-order valence-corrected chi connectivity index (χ3v) is 2.40. The van der Waals surface area contributed by atoms with Gasteiger partial charge in [0.1, 0.15) is 5.75 Å². The molecule has 0 spiro atoms. The van der Waals surface area contributed by atoms with Crippen LogP contribution in [0.4, 0.5) is 0 Å². The van der Waals surface area contributed by atoms with Gasteiger partial charge in [-0.3, -0.25) is 0 Å². The van der Waals surface area contributed by atoms with Crippen LogP contribution >= 0.6 is 0 Å². The van der Waals surface area contributed by atoms with Crippen LogP contribution in [0.15, 0.2) is 48.5 Å². The van der Waals surface area contributed by atoms with E-state index in [2.05, 4.69) is 6.07 Å². The van der Waals surface area contributed by atoms with Crippen molar-refractivity contribution in [3.8, 4) is 11.8 Å². The highest BCUT2D eigenvalue weighted by Gasteiger charge is 1.91. The SMILES string of the molecule is N#Cc1ccc(/C=C/c2ccc(O)cc2)cc1. The first-order valence-electron chi connectivity index (χ1n) is 5.25. The molecule has 0 aromatic heterocycles. The van der Waals surface area contributed by atoms with Crippen LogP contribution in [-0.2, 0) is 0 Å². The van der Waals surface area contributed by atoms with Gasteiger partial charge in [0.25, 0.3) is 0 Å². The lowest BCUT2D eigenvalue weighted by atomic mass is 10.1. The average molecular weight is 221 g/mol. The minimum absolute atomic E-state index is 0.264. The lowest BCUT2D eigenvalue weighted by Crippen LogP contribution is -1.75. The first-order chi connectivity index (χ1) is 8.28. The predicted molar refractivity (Wildman–Crippen MR) is 68.2 cm³/mol. The Bertz CT molecular complexity index is 559. The molecular formula is C15H11NO. The summed E-state index contributed by atoms with van der Waals surface area (Å²) in [6.07, 6.45) is 3.92. The monoisotopic (exact) mass is 221 g/mol. The van der Waals surface area contributed by atoms with Crippen molar-refractivity contribution >= 4 is 12.2 Å². The summed E-state index contributed by atoms with van der Waals surface area (Å²) < 4.78 is 0. The lowest BCUT2D eigenvalue weighted by molar-refractivity contribution is 0.475. The molecule has 82 valence electrons. The Morgan fingerprint density at radius 1 is 0.824 bits per heavy atom. The molecule has 0 heterocycles. The fourth-order valence-electron chi connectivity index (χ4n) is 1.45. The summed E-state index contributed by atoms with van der Waals surface area (Å²) in [5.74, 6) is 0.264. The molecular weight excluding hydrogens is 210 g/mol. The molecule has 0 saturated carbocycles. The molecule has 2 aromatic rings. The summed E-state index contributed by atoms with van der Waals surface area (Å²) >= 11 is 0. The normalized spacial score (nSPS) is 10.3. The van der Waals surface area contributed by atoms with Gasteiger partial charge < -0.3 is 5.11 Å². The number of phenolic OH excluding ortho intramolecular Hbond substituents is 1. The highest BCUT2D eigenvalue weighted by molar-refractivity contribution is 5.70. The van der Waals surface area contributed by atoms with Crippen LogP contribution in [0.1, 0.15) is 16.7 Å². The molecule has 0 fully saturated rings. The average Bonchev–Trinajstić information content (AvgIpc) is 2.39. The topological polar surface area (TPSA) is 44.0 Å². The summed E-state index contributed by atoms with van der Waals surface area (Å²) in [6.45, 7) is 0. The summed E-state index contributed by atoms with van der Waals surface area (Å²) in [5, 5.41) is 17.8. The fraction of sp³-hybridized carbons (Fsp3) is 0. The zero-order valence-electron chi connectivity index (χ0n) is 9.17. The van der Waals surface area contributed by atoms with Gasteiger partial charge in [-0.15, -0.1) is 0 Å². The van der Waals surface area contributed by atoms with Gasteiger partial charge in [0, 0.05) is 0 Å². The van der Waals surface area contributed by atoms with E-state index in [0.717, 1.165) is 11.1 Å². The molecule has 17 heavy (non-hydrogen) atoms. The molecule has 0 aliphatic heterocycles. The number of hydrogen-bond donors (Lipinski definition) is 1. The Labute approximate surface area is 100 Å². The van der Waals surface area contributed by atoms with Crippen LogP contribution in [0.3, 0.4) is 0 Å². The maximum atomic E-state index is 9.14. The zero-order chi connectivity index (χ0) is 12.1. The lowest BCUT2D eigenvalue weighted by Gasteiger charge is -1.95. The number of aromatic hydroxyl groups is 1. The minimum Gasteiger partial charge on any atom is -0.508 e. The van der Waals surface area contributed by atoms with Crippen LogP contribution in [0.25, 0.3) is 12.2 Å². The standard InChI is InChI=1S/C15H11NO/c16-11-14-5-3-12(4-6-14)1-2-13-7-9-15(17)10-8-13/h1-10,17H/b2-1+. The quantitative estimate of drug-likeness (QED) is 0.789. The van der Waals surface area contributed by atoms with Gasteiger partial charge in [0.05, 0.1) is 11.6 Å². The molecule has 1 N–H and O–H groups in total. The van der Waals surface area contributed by atoms with Gasteiger partial charge in [0.15, 0.2) is 0 Å². The van der Waals surface area contributed by atoms with Crippen LogP contribution in [-0.4, -0.2) is 5.11 Å². The Balaban J connectivity index is 2.14. The van der Waals surface area contributed by atoms with Gasteiger partial charge in [-0.25, -0.2) is 0 Å². The van der Waals surface area contributed by atoms with Crippen molar-refractivity contribution in [1.29, 1.82) is 5.26 Å². The van der Waals surface area contributed by atoms with E-state index in [-0.39, 0.29) is 5.75 Å². The zero-order valence-corrected chi connectivity index (χ0v) is 9.17. The maximum Gasteiger partial charge on any atom is 0.115 e. The Morgan fingerprint density at radius 2 is 1.29 bits per heavy atom. The molecule has 0 aliphatic carbocycles. The number of nitrogens with zero attached hydrogens (tertiary/aromatic N) is 1. The van der Waals surface area contributed by atoms with Gasteiger partial charge >= 0.3 is 0 Å². The third kappa shape index (κ3) is 2.96. The van der Waals surface area contributed by atoms with Crippen molar-refractivity contribution in [3.63, 3.8) is 0 Å². The number of hydrogen-bond acceptors (Lipinski definition) is 2. The predicted octanol–water partition coefficient (Wildman–Crippen LogP) is 3.43. The van der Waals surface area contributed by atoms with E-state index in [0.29, 0.717) is 5.56 Å². The molecule has 2 aromatic carbocycles. The molecule has 0 amide bonds. The van der Waals surface area contributed by atoms with Crippen LogP contribution in [0.2, 0.25) is 0 Å². The van der Waals surface area contributed by atoms with Crippen molar-refractivity contribution in [1.82, 2.24) is 0 Å². The van der Waals surface area contributed by atoms with E-state index >= 15 is 0 Å². The van der Waals surface area contributed by atoms with Crippen molar-refractivity contribution in [2.45, 2.75) is 0 Å². The largest absolute Gasteiger partial charge is 0.508 e. The third-order valence-electron chi connectivity index (χ3n) is 2.40. The molecule has 0 saturated heterocycles. The number of nitriles is 1. The first-order valence-corrected chi connectivity index (χ1v) is 5.25. The Morgan fingerprint density at radius 3 is 1.76 bits per heavy atom. The smallest absolute Gasteiger partial charge is 0.115 e. The maximum absolute atomic E-state index is 9.14. The van der Waals surface area contributed by atoms with Crippen molar-refractivity contribution < 1.29 is 5.11 Å². The summed E-state index contributed by atoms with van der Waals surface area (Å²) in [6, 6.07) is 16.4. The Kier molecular flexibility index (Phi) is 3.23. The van der Waals surface area contributed by atoms with Gasteiger partial charge in [-0.2, -0.15) is 5.26 Å². The second kappa shape index (κ2) is 5.00. The van der Waals surface area contributed by atoms with Crippen molar-refractivity contribution in [2.24, 2.45) is 0 Å². The molecule has 0 unspecified atom stereocenters. The molecule has 2 rings (SSSR count). The van der Waals surface area contributed by atoms with Crippen molar-refractivity contribution in [3.05, 3.63) is 65.2 Å². The molecule has 2 nitrogen and oxygen atoms in total. The van der Waals surface area contributed by atoms with E-state index in [9.17, 15) is 0 Å². The summed E-state index contributed by atoms with van der Waals surface area (Å²) in [4.78, 5) is 0.